The summed E-state index contributed by atoms with van der Waals surface area (Å²) in [6.45, 7) is 3.07. The highest BCUT2D eigenvalue weighted by Gasteiger charge is 2.28. The maximum absolute atomic E-state index is 14.5. The van der Waals surface area contributed by atoms with E-state index in [0.717, 1.165) is 9.87 Å². The number of amides is 1. The van der Waals surface area contributed by atoms with Gasteiger partial charge in [-0.25, -0.2) is 18.2 Å². The third kappa shape index (κ3) is 7.28. The van der Waals surface area contributed by atoms with Crippen molar-refractivity contribution in [2.75, 3.05) is 20.3 Å². The standard InChI is InChI=1S/C26H27ClFN3O5S/c1-4-36-24-13-10-19(14-25(24)35-3)15-29-30-26(32)17-31(16-21-22(27)6-5-7-23(21)28)37(33,34)20-11-8-18(2)9-12-20/h5-15H,4,16-17H2,1-3H3,(H,30,32)/b29-15-. The van der Waals surface area contributed by atoms with Crippen molar-refractivity contribution < 1.29 is 27.1 Å². The summed E-state index contributed by atoms with van der Waals surface area (Å²) >= 11 is 6.13. The van der Waals surface area contributed by atoms with E-state index in [1.54, 1.807) is 30.3 Å². The molecule has 3 rings (SSSR count). The highest BCUT2D eigenvalue weighted by Crippen LogP contribution is 2.27. The Morgan fingerprint density at radius 3 is 2.51 bits per heavy atom. The van der Waals surface area contributed by atoms with Crippen molar-refractivity contribution in [3.05, 3.63) is 88.2 Å². The first-order valence-corrected chi connectivity index (χ1v) is 13.1. The van der Waals surface area contributed by atoms with Crippen LogP contribution in [0.1, 0.15) is 23.6 Å². The van der Waals surface area contributed by atoms with Crippen LogP contribution in [0.2, 0.25) is 5.02 Å². The number of aryl methyl sites for hydroxylation is 1. The second-order valence-corrected chi connectivity index (χ2v) is 10.3. The number of hydrogen-bond acceptors (Lipinski definition) is 6. The van der Waals surface area contributed by atoms with Gasteiger partial charge in [-0.3, -0.25) is 4.79 Å². The number of methoxy groups -OCH3 is 1. The zero-order valence-corrected chi connectivity index (χ0v) is 22.1. The molecule has 0 heterocycles. The fourth-order valence-electron chi connectivity index (χ4n) is 3.36. The Labute approximate surface area is 220 Å². The third-order valence-corrected chi connectivity index (χ3v) is 7.43. The van der Waals surface area contributed by atoms with Crippen molar-refractivity contribution in [2.45, 2.75) is 25.3 Å². The van der Waals surface area contributed by atoms with Crippen LogP contribution in [0.25, 0.3) is 0 Å². The van der Waals surface area contributed by atoms with Gasteiger partial charge in [0.15, 0.2) is 11.5 Å². The highest BCUT2D eigenvalue weighted by atomic mass is 35.5. The van der Waals surface area contributed by atoms with E-state index in [4.69, 9.17) is 21.1 Å². The van der Waals surface area contributed by atoms with Gasteiger partial charge in [0.1, 0.15) is 5.82 Å². The first-order valence-electron chi connectivity index (χ1n) is 11.3. The van der Waals surface area contributed by atoms with E-state index >= 15 is 0 Å². The van der Waals surface area contributed by atoms with E-state index in [-0.39, 0.29) is 15.5 Å². The Bertz CT molecular complexity index is 1360. The zero-order chi connectivity index (χ0) is 27.0. The first kappa shape index (κ1) is 28.1. The molecule has 196 valence electrons. The number of ether oxygens (including phenoxy) is 2. The highest BCUT2D eigenvalue weighted by molar-refractivity contribution is 7.89. The van der Waals surface area contributed by atoms with Crippen molar-refractivity contribution in [1.29, 1.82) is 0 Å². The second-order valence-electron chi connectivity index (χ2n) is 7.92. The Morgan fingerprint density at radius 2 is 1.86 bits per heavy atom. The second kappa shape index (κ2) is 12.7. The van der Waals surface area contributed by atoms with Crippen LogP contribution < -0.4 is 14.9 Å². The lowest BCUT2D eigenvalue weighted by atomic mass is 10.2. The lowest BCUT2D eigenvalue weighted by Crippen LogP contribution is -2.39. The fraction of sp³-hybridized carbons (Fsp3) is 0.231. The van der Waals surface area contributed by atoms with Crippen LogP contribution in [0.3, 0.4) is 0 Å². The summed E-state index contributed by atoms with van der Waals surface area (Å²) in [6, 6.07) is 15.3. The molecular formula is C26H27ClFN3O5S. The van der Waals surface area contributed by atoms with Gasteiger partial charge in [0.05, 0.1) is 31.4 Å². The molecule has 1 amide bonds. The average Bonchev–Trinajstić information content (AvgIpc) is 2.86. The molecule has 8 nitrogen and oxygen atoms in total. The maximum atomic E-state index is 14.5. The molecule has 0 saturated carbocycles. The summed E-state index contributed by atoms with van der Waals surface area (Å²) < 4.78 is 52.8. The number of nitrogens with one attached hydrogen (secondary N) is 1. The minimum Gasteiger partial charge on any atom is -0.493 e. The fourth-order valence-corrected chi connectivity index (χ4v) is 4.95. The molecular weight excluding hydrogens is 521 g/mol. The summed E-state index contributed by atoms with van der Waals surface area (Å²) in [5.41, 5.74) is 3.74. The van der Waals surface area contributed by atoms with Crippen LogP contribution in [0.5, 0.6) is 11.5 Å². The number of hydrazone groups is 1. The number of nitrogens with zero attached hydrogens (tertiary/aromatic N) is 2. The summed E-state index contributed by atoms with van der Waals surface area (Å²) in [6.07, 6.45) is 1.38. The number of halogens is 2. The van der Waals surface area contributed by atoms with Crippen molar-refractivity contribution in [1.82, 2.24) is 9.73 Å². The molecule has 37 heavy (non-hydrogen) atoms. The van der Waals surface area contributed by atoms with Crippen LogP contribution in [0, 0.1) is 12.7 Å². The lowest BCUT2D eigenvalue weighted by Gasteiger charge is -2.22. The molecule has 0 aromatic heterocycles. The van der Waals surface area contributed by atoms with Crippen molar-refractivity contribution in [3.63, 3.8) is 0 Å². The number of sulfonamides is 1. The molecule has 0 radical (unpaired) electrons. The van der Waals surface area contributed by atoms with Crippen molar-refractivity contribution in [3.8, 4) is 11.5 Å². The number of rotatable bonds is 11. The quantitative estimate of drug-likeness (QED) is 0.281. The van der Waals surface area contributed by atoms with Crippen molar-refractivity contribution >= 4 is 33.7 Å². The predicted octanol–water partition coefficient (Wildman–Crippen LogP) is 4.54. The number of hydrogen-bond donors (Lipinski definition) is 1. The SMILES string of the molecule is CCOc1ccc(/C=N\NC(=O)CN(Cc2c(F)cccc2Cl)S(=O)(=O)c2ccc(C)cc2)cc1OC. The van der Waals surface area contributed by atoms with Crippen LogP contribution in [-0.2, 0) is 21.4 Å². The lowest BCUT2D eigenvalue weighted by molar-refractivity contribution is -0.121. The van der Waals surface area contributed by atoms with Gasteiger partial charge >= 0.3 is 0 Å². The Morgan fingerprint density at radius 1 is 1.14 bits per heavy atom. The summed E-state index contributed by atoms with van der Waals surface area (Å²) in [5.74, 6) is -0.346. The van der Waals surface area contributed by atoms with E-state index < -0.39 is 34.8 Å². The summed E-state index contributed by atoms with van der Waals surface area (Å²) in [4.78, 5) is 12.7. The minimum absolute atomic E-state index is 0.0386. The molecule has 0 spiro atoms. The smallest absolute Gasteiger partial charge is 0.255 e. The van der Waals surface area contributed by atoms with Gasteiger partial charge < -0.3 is 9.47 Å². The van der Waals surface area contributed by atoms with E-state index in [1.165, 1.54) is 43.7 Å². The number of carbonyl (C=O) groups excluding carboxylic acids is 1. The Kier molecular flexibility index (Phi) is 9.62. The molecule has 0 aliphatic rings. The molecule has 0 aliphatic heterocycles. The molecule has 0 fully saturated rings. The van der Waals surface area contributed by atoms with E-state index in [1.807, 2.05) is 13.8 Å². The third-order valence-electron chi connectivity index (χ3n) is 5.27. The molecule has 11 heteroatoms. The minimum atomic E-state index is -4.18. The molecule has 0 atom stereocenters. The normalized spacial score (nSPS) is 11.6. The van der Waals surface area contributed by atoms with Crippen molar-refractivity contribution in [2.24, 2.45) is 5.10 Å². The van der Waals surface area contributed by atoms with Crippen LogP contribution in [0.15, 0.2) is 70.7 Å². The summed E-state index contributed by atoms with van der Waals surface area (Å²) in [7, 11) is -2.67. The molecule has 0 bridgehead atoms. The predicted molar refractivity (Wildman–Crippen MR) is 140 cm³/mol. The molecule has 1 N–H and O–H groups in total. The first-order chi connectivity index (χ1) is 17.6. The van der Waals surface area contributed by atoms with Gasteiger partial charge in [0.25, 0.3) is 5.91 Å². The van der Waals surface area contributed by atoms with Crippen LogP contribution in [0.4, 0.5) is 4.39 Å². The average molecular weight is 548 g/mol. The van der Waals surface area contributed by atoms with Gasteiger partial charge in [0, 0.05) is 17.1 Å². The number of benzene rings is 3. The van der Waals surface area contributed by atoms with Gasteiger partial charge in [-0.05, 0) is 61.9 Å². The van der Waals surface area contributed by atoms with Gasteiger partial charge in [0.2, 0.25) is 10.0 Å². The Balaban J connectivity index is 1.81. The van der Waals surface area contributed by atoms with Gasteiger partial charge in [-0.15, -0.1) is 0 Å². The molecule has 3 aromatic rings. The Hall–Kier alpha value is -3.47. The summed E-state index contributed by atoms with van der Waals surface area (Å²) in [5, 5.41) is 3.96. The molecule has 3 aromatic carbocycles. The van der Waals surface area contributed by atoms with E-state index in [0.29, 0.717) is 23.7 Å². The topological polar surface area (TPSA) is 97.3 Å². The van der Waals surface area contributed by atoms with Crippen LogP contribution >= 0.6 is 11.6 Å². The molecule has 0 aliphatic carbocycles. The largest absolute Gasteiger partial charge is 0.493 e. The van der Waals surface area contributed by atoms with E-state index in [2.05, 4.69) is 10.5 Å². The maximum Gasteiger partial charge on any atom is 0.255 e. The molecule has 0 unspecified atom stereocenters. The van der Waals surface area contributed by atoms with Crippen LogP contribution in [-0.4, -0.2) is 45.1 Å². The monoisotopic (exact) mass is 547 g/mol. The van der Waals surface area contributed by atoms with Gasteiger partial charge in [-0.1, -0.05) is 35.4 Å². The van der Waals surface area contributed by atoms with Gasteiger partial charge in [-0.2, -0.15) is 9.41 Å². The molecule has 0 saturated heterocycles. The zero-order valence-electron chi connectivity index (χ0n) is 20.6. The number of carbonyl (C=O) groups is 1. The van der Waals surface area contributed by atoms with E-state index in [9.17, 15) is 17.6 Å².